The number of halogens is 1. The van der Waals surface area contributed by atoms with Gasteiger partial charge in [-0.05, 0) is 55.3 Å². The highest BCUT2D eigenvalue weighted by Crippen LogP contribution is 2.29. The number of carboxylic acid groups (broad SMARTS) is 1. The smallest absolute Gasteiger partial charge is 0.306 e. The Kier molecular flexibility index (Phi) is 10.4. The van der Waals surface area contributed by atoms with Crippen molar-refractivity contribution in [2.45, 2.75) is 33.0 Å². The summed E-state index contributed by atoms with van der Waals surface area (Å²) in [4.78, 5) is 15.5. The van der Waals surface area contributed by atoms with Crippen molar-refractivity contribution in [3.63, 3.8) is 0 Å². The van der Waals surface area contributed by atoms with Crippen LogP contribution in [0.25, 0.3) is 11.1 Å². The lowest BCUT2D eigenvalue weighted by atomic mass is 10.0. The molecule has 0 spiro atoms. The molecule has 1 aromatic heterocycles. The van der Waals surface area contributed by atoms with Crippen LogP contribution >= 0.6 is 0 Å². The minimum absolute atomic E-state index is 0.118. The molecule has 37 heavy (non-hydrogen) atoms. The van der Waals surface area contributed by atoms with E-state index < -0.39 is 23.8 Å². The number of pyridine rings is 1. The minimum atomic E-state index is -0.935. The number of aliphatic hydroxyl groups is 2. The van der Waals surface area contributed by atoms with E-state index in [1.807, 2.05) is 6.92 Å². The topological polar surface area (TPSA) is 118 Å². The average molecular weight is 514 g/mol. The van der Waals surface area contributed by atoms with Gasteiger partial charge in [0.1, 0.15) is 18.2 Å². The predicted octanol–water partition coefficient (Wildman–Crippen LogP) is 4.31. The highest BCUT2D eigenvalue weighted by Gasteiger charge is 2.16. The van der Waals surface area contributed by atoms with E-state index in [9.17, 15) is 9.18 Å². The van der Waals surface area contributed by atoms with E-state index in [0.717, 1.165) is 11.1 Å². The number of carbonyl (C=O) groups is 1. The van der Waals surface area contributed by atoms with Crippen molar-refractivity contribution in [2.75, 3.05) is 26.4 Å². The SMILES string of the molecule is CCO[C@@H](CC(=O)O)c1ccc(OCc2ccc(F)c(-c3ccc(OCC(CO)CO)nc3C)c2)cc1. The van der Waals surface area contributed by atoms with Gasteiger partial charge in [-0.15, -0.1) is 0 Å². The average Bonchev–Trinajstić information content (AvgIpc) is 2.89. The maximum atomic E-state index is 14.7. The summed E-state index contributed by atoms with van der Waals surface area (Å²) in [6.07, 6.45) is -0.657. The van der Waals surface area contributed by atoms with E-state index in [4.69, 9.17) is 29.5 Å². The molecule has 0 amide bonds. The second kappa shape index (κ2) is 13.7. The lowest BCUT2D eigenvalue weighted by Crippen LogP contribution is -2.20. The number of ether oxygens (including phenoxy) is 3. The molecule has 0 bridgehead atoms. The second-order valence-electron chi connectivity index (χ2n) is 8.54. The Hall–Kier alpha value is -3.53. The maximum absolute atomic E-state index is 14.7. The molecule has 0 aliphatic carbocycles. The van der Waals surface area contributed by atoms with Gasteiger partial charge >= 0.3 is 5.97 Å². The van der Waals surface area contributed by atoms with E-state index in [1.54, 1.807) is 55.5 Å². The van der Waals surface area contributed by atoms with Gasteiger partial charge in [0.15, 0.2) is 0 Å². The number of carboxylic acids is 1. The van der Waals surface area contributed by atoms with Gasteiger partial charge in [-0.3, -0.25) is 4.79 Å². The summed E-state index contributed by atoms with van der Waals surface area (Å²) < 4.78 is 31.6. The third-order valence-corrected chi connectivity index (χ3v) is 5.75. The van der Waals surface area contributed by atoms with E-state index in [-0.39, 0.29) is 32.8 Å². The minimum Gasteiger partial charge on any atom is -0.489 e. The molecule has 0 unspecified atom stereocenters. The van der Waals surface area contributed by atoms with Gasteiger partial charge in [-0.25, -0.2) is 9.37 Å². The summed E-state index contributed by atoms with van der Waals surface area (Å²) in [5.74, 6) is -0.818. The van der Waals surface area contributed by atoms with Crippen LogP contribution in [0.15, 0.2) is 54.6 Å². The first-order chi connectivity index (χ1) is 17.8. The first kappa shape index (κ1) is 28.0. The number of hydrogen-bond acceptors (Lipinski definition) is 7. The van der Waals surface area contributed by atoms with Crippen molar-refractivity contribution < 1.29 is 38.7 Å². The fourth-order valence-corrected chi connectivity index (χ4v) is 3.72. The fourth-order valence-electron chi connectivity index (χ4n) is 3.72. The molecule has 0 radical (unpaired) electrons. The summed E-state index contributed by atoms with van der Waals surface area (Å²) in [6, 6.07) is 15.1. The number of aryl methyl sites for hydroxylation is 1. The zero-order chi connectivity index (χ0) is 26.8. The number of aliphatic carboxylic acids is 1. The Morgan fingerprint density at radius 3 is 2.35 bits per heavy atom. The number of nitrogens with zero attached hydrogens (tertiary/aromatic N) is 1. The summed E-state index contributed by atoms with van der Waals surface area (Å²) in [5.41, 5.74) is 3.06. The normalized spacial score (nSPS) is 11.9. The summed E-state index contributed by atoms with van der Waals surface area (Å²) in [7, 11) is 0. The molecule has 9 heteroatoms. The Bertz CT molecular complexity index is 1170. The van der Waals surface area contributed by atoms with Crippen LogP contribution in [0.2, 0.25) is 0 Å². The van der Waals surface area contributed by atoms with Gasteiger partial charge in [0, 0.05) is 35.4 Å². The maximum Gasteiger partial charge on any atom is 0.306 e. The Balaban J connectivity index is 1.68. The zero-order valence-corrected chi connectivity index (χ0v) is 20.9. The quantitative estimate of drug-likeness (QED) is 0.292. The highest BCUT2D eigenvalue weighted by molar-refractivity contribution is 5.68. The van der Waals surface area contributed by atoms with Crippen molar-refractivity contribution in [1.82, 2.24) is 4.98 Å². The van der Waals surface area contributed by atoms with Gasteiger partial charge in [0.2, 0.25) is 5.88 Å². The molecule has 0 saturated heterocycles. The first-order valence-electron chi connectivity index (χ1n) is 12.0. The van der Waals surface area contributed by atoms with Crippen LogP contribution in [0.3, 0.4) is 0 Å². The summed E-state index contributed by atoms with van der Waals surface area (Å²) >= 11 is 0. The van der Waals surface area contributed by atoms with Crippen molar-refractivity contribution in [3.8, 4) is 22.8 Å². The molecule has 8 nitrogen and oxygen atoms in total. The zero-order valence-electron chi connectivity index (χ0n) is 20.9. The van der Waals surface area contributed by atoms with Crippen LogP contribution in [0.1, 0.15) is 36.3 Å². The monoisotopic (exact) mass is 513 g/mol. The Morgan fingerprint density at radius 1 is 1.00 bits per heavy atom. The van der Waals surface area contributed by atoms with Gasteiger partial charge in [-0.1, -0.05) is 18.2 Å². The van der Waals surface area contributed by atoms with E-state index in [2.05, 4.69) is 4.98 Å². The Labute approximate surface area is 215 Å². The lowest BCUT2D eigenvalue weighted by Gasteiger charge is -2.16. The van der Waals surface area contributed by atoms with Gasteiger partial charge in [0.25, 0.3) is 0 Å². The molecule has 3 aromatic rings. The predicted molar refractivity (Wildman–Crippen MR) is 135 cm³/mol. The highest BCUT2D eigenvalue weighted by atomic mass is 19.1. The molecule has 1 heterocycles. The standard InChI is InChI=1S/C28H32FNO7/c1-3-35-26(13-28(33)34)21-5-7-22(8-6-21)36-16-19-4-10-25(29)24(12-19)23-9-11-27(30-18(23)2)37-17-20(14-31)15-32/h4-12,20,26,31-32H,3,13-17H2,1-2H3,(H,33,34)/t26-/m0/s1. The van der Waals surface area contributed by atoms with Crippen molar-refractivity contribution in [3.05, 3.63) is 77.2 Å². The fraction of sp³-hybridized carbons (Fsp3) is 0.357. The summed E-state index contributed by atoms with van der Waals surface area (Å²) in [5, 5.41) is 27.4. The number of aromatic nitrogens is 1. The molecule has 2 aromatic carbocycles. The van der Waals surface area contributed by atoms with Crippen LogP contribution in [0, 0.1) is 18.7 Å². The van der Waals surface area contributed by atoms with Crippen LogP contribution < -0.4 is 9.47 Å². The molecular formula is C28H32FNO7. The van der Waals surface area contributed by atoms with Gasteiger partial charge in [-0.2, -0.15) is 0 Å². The molecular weight excluding hydrogens is 481 g/mol. The van der Waals surface area contributed by atoms with Gasteiger partial charge in [0.05, 0.1) is 32.3 Å². The molecule has 0 aliphatic heterocycles. The number of hydrogen-bond donors (Lipinski definition) is 3. The van der Waals surface area contributed by atoms with Crippen LogP contribution in [-0.4, -0.2) is 52.7 Å². The Morgan fingerprint density at radius 2 is 1.73 bits per heavy atom. The van der Waals surface area contributed by atoms with Crippen molar-refractivity contribution in [2.24, 2.45) is 5.92 Å². The largest absolute Gasteiger partial charge is 0.489 e. The molecule has 1 atom stereocenters. The van der Waals surface area contributed by atoms with E-state index >= 15 is 0 Å². The molecule has 3 rings (SSSR count). The third kappa shape index (κ3) is 7.98. The molecule has 3 N–H and O–H groups in total. The van der Waals surface area contributed by atoms with Crippen LogP contribution in [-0.2, 0) is 16.1 Å². The molecule has 0 aliphatic rings. The lowest BCUT2D eigenvalue weighted by molar-refractivity contribution is -0.140. The van der Waals surface area contributed by atoms with Crippen molar-refractivity contribution >= 4 is 5.97 Å². The van der Waals surface area contributed by atoms with Crippen LogP contribution in [0.4, 0.5) is 4.39 Å². The number of rotatable bonds is 14. The van der Waals surface area contributed by atoms with E-state index in [0.29, 0.717) is 35.1 Å². The number of benzene rings is 2. The first-order valence-corrected chi connectivity index (χ1v) is 12.0. The van der Waals surface area contributed by atoms with Crippen molar-refractivity contribution in [1.29, 1.82) is 0 Å². The second-order valence-corrected chi connectivity index (χ2v) is 8.54. The van der Waals surface area contributed by atoms with E-state index in [1.165, 1.54) is 6.07 Å². The molecule has 0 fully saturated rings. The number of aliphatic hydroxyl groups excluding tert-OH is 2. The van der Waals surface area contributed by atoms with Gasteiger partial charge < -0.3 is 29.5 Å². The third-order valence-electron chi connectivity index (χ3n) is 5.75. The summed E-state index contributed by atoms with van der Waals surface area (Å²) in [6.45, 7) is 3.90. The molecule has 198 valence electrons. The van der Waals surface area contributed by atoms with Crippen LogP contribution in [0.5, 0.6) is 11.6 Å². The molecule has 0 saturated carbocycles.